The van der Waals surface area contributed by atoms with Gasteiger partial charge < -0.3 is 10.2 Å². The van der Waals surface area contributed by atoms with Crippen molar-refractivity contribution >= 4 is 11.4 Å². The average Bonchev–Trinajstić information content (AvgIpc) is 3.29. The predicted molar refractivity (Wildman–Crippen MR) is 117 cm³/mol. The summed E-state index contributed by atoms with van der Waals surface area (Å²) in [6, 6.07) is 14.8. The zero-order valence-electron chi connectivity index (χ0n) is 17.5. The third-order valence-electron chi connectivity index (χ3n) is 5.60. The zero-order chi connectivity index (χ0) is 21.5. The van der Waals surface area contributed by atoms with E-state index in [4.69, 9.17) is 0 Å². The van der Waals surface area contributed by atoms with E-state index in [2.05, 4.69) is 30.5 Å². The van der Waals surface area contributed by atoms with E-state index < -0.39 is 0 Å². The molecule has 3 aromatic heterocycles. The number of aromatic nitrogens is 5. The van der Waals surface area contributed by atoms with Crippen LogP contribution in [0.25, 0.3) is 11.3 Å². The number of aryl methyl sites for hydroxylation is 2. The van der Waals surface area contributed by atoms with Crippen LogP contribution in [0.4, 0.5) is 15.8 Å². The fraction of sp³-hybridized carbons (Fsp3) is 0.217. The minimum atomic E-state index is -0.316. The van der Waals surface area contributed by atoms with E-state index >= 15 is 4.39 Å². The first-order valence-electron chi connectivity index (χ1n) is 10.1. The van der Waals surface area contributed by atoms with Crippen LogP contribution in [0.3, 0.4) is 0 Å². The molecule has 8 heteroatoms. The molecule has 156 valence electrons. The summed E-state index contributed by atoms with van der Waals surface area (Å²) in [7, 11) is 1.81. The van der Waals surface area contributed by atoms with E-state index in [1.54, 1.807) is 17.1 Å². The molecule has 0 fully saturated rings. The van der Waals surface area contributed by atoms with Gasteiger partial charge in [-0.15, -0.1) is 5.10 Å². The summed E-state index contributed by atoms with van der Waals surface area (Å²) in [5.41, 5.74) is 5.17. The Hall–Kier alpha value is -3.81. The molecule has 0 saturated heterocycles. The summed E-state index contributed by atoms with van der Waals surface area (Å²) in [4.78, 5) is 11.3. The van der Waals surface area contributed by atoms with E-state index in [0.29, 0.717) is 5.69 Å². The van der Waals surface area contributed by atoms with Crippen LogP contribution in [0.15, 0.2) is 60.9 Å². The second-order valence-electron chi connectivity index (χ2n) is 7.64. The van der Waals surface area contributed by atoms with Crippen molar-refractivity contribution in [2.45, 2.75) is 26.1 Å². The molecule has 0 saturated carbocycles. The summed E-state index contributed by atoms with van der Waals surface area (Å²) in [5.74, 6) is -0.316. The minimum Gasteiger partial charge on any atom is -0.361 e. The average molecular weight is 415 g/mol. The van der Waals surface area contributed by atoms with Gasteiger partial charge in [0.25, 0.3) is 0 Å². The Morgan fingerprint density at radius 3 is 2.26 bits per heavy atom. The quantitative estimate of drug-likeness (QED) is 0.541. The van der Waals surface area contributed by atoms with Gasteiger partial charge in [-0.05, 0) is 50.2 Å². The van der Waals surface area contributed by atoms with Crippen molar-refractivity contribution in [3.8, 4) is 11.3 Å². The molecule has 0 spiro atoms. The van der Waals surface area contributed by atoms with E-state index in [1.165, 1.54) is 6.07 Å². The topological polar surface area (TPSA) is 71.8 Å². The third kappa shape index (κ3) is 3.20. The lowest BCUT2D eigenvalue weighted by atomic mass is 10.0. The summed E-state index contributed by atoms with van der Waals surface area (Å²) in [6.45, 7) is 3.88. The fourth-order valence-corrected chi connectivity index (χ4v) is 4.29. The second kappa shape index (κ2) is 7.46. The molecule has 7 nitrogen and oxygen atoms in total. The van der Waals surface area contributed by atoms with Crippen LogP contribution in [-0.2, 0) is 7.05 Å². The number of hydrogen-bond acceptors (Lipinski definition) is 6. The van der Waals surface area contributed by atoms with Gasteiger partial charge in [-0.1, -0.05) is 17.3 Å². The molecule has 1 aliphatic rings. The van der Waals surface area contributed by atoms with Crippen LogP contribution in [0.2, 0.25) is 0 Å². The van der Waals surface area contributed by atoms with Gasteiger partial charge in [-0.25, -0.2) is 9.07 Å². The maximum absolute atomic E-state index is 15.3. The molecule has 0 radical (unpaired) electrons. The fourth-order valence-electron chi connectivity index (χ4n) is 4.29. The lowest BCUT2D eigenvalue weighted by molar-refractivity contribution is 0.624. The van der Waals surface area contributed by atoms with Crippen LogP contribution in [0.1, 0.15) is 30.0 Å². The summed E-state index contributed by atoms with van der Waals surface area (Å²) in [6.07, 6.45) is 3.36. The van der Waals surface area contributed by atoms with E-state index in [1.807, 2.05) is 63.4 Å². The Balaban J connectivity index is 1.70. The van der Waals surface area contributed by atoms with Crippen molar-refractivity contribution in [3.05, 3.63) is 83.8 Å². The molecule has 0 bridgehead atoms. The zero-order valence-corrected chi connectivity index (χ0v) is 17.5. The van der Waals surface area contributed by atoms with Gasteiger partial charge in [0.05, 0.1) is 40.3 Å². The number of nitrogens with one attached hydrogen (secondary N) is 1. The first-order valence-corrected chi connectivity index (χ1v) is 10.1. The van der Waals surface area contributed by atoms with Crippen LogP contribution in [0, 0.1) is 12.7 Å². The van der Waals surface area contributed by atoms with Crippen molar-refractivity contribution in [2.75, 3.05) is 10.2 Å². The van der Waals surface area contributed by atoms with E-state index in [0.717, 1.165) is 34.0 Å². The van der Waals surface area contributed by atoms with Crippen LogP contribution in [-0.4, -0.2) is 31.1 Å². The Bertz CT molecular complexity index is 1160. The van der Waals surface area contributed by atoms with Crippen LogP contribution < -0.4 is 10.2 Å². The highest BCUT2D eigenvalue weighted by atomic mass is 19.1. The first-order chi connectivity index (χ1) is 15.0. The SMILES string of the molecule is Cc1nnn(C)c1-c1cc(F)c2c(c1)N(C(c1ccccn1)c1ccccn1)C(C)N2. The van der Waals surface area contributed by atoms with Gasteiger partial charge in [0.1, 0.15) is 11.9 Å². The van der Waals surface area contributed by atoms with Gasteiger partial charge in [0, 0.05) is 25.0 Å². The van der Waals surface area contributed by atoms with Crippen LogP contribution >= 0.6 is 0 Å². The summed E-state index contributed by atoms with van der Waals surface area (Å²) >= 11 is 0. The minimum absolute atomic E-state index is 0.167. The molecule has 1 atom stereocenters. The molecule has 5 rings (SSSR count). The number of anilines is 2. The normalized spacial score (nSPS) is 15.3. The second-order valence-corrected chi connectivity index (χ2v) is 7.64. The highest BCUT2D eigenvalue weighted by Gasteiger charge is 2.37. The smallest absolute Gasteiger partial charge is 0.149 e. The molecule has 0 amide bonds. The molecule has 4 heterocycles. The number of fused-ring (bicyclic) bond motifs is 1. The molecule has 1 aromatic carbocycles. The van der Waals surface area contributed by atoms with Crippen molar-refractivity contribution in [1.29, 1.82) is 0 Å². The Labute approximate surface area is 179 Å². The Morgan fingerprint density at radius 1 is 1.03 bits per heavy atom. The van der Waals surface area contributed by atoms with Gasteiger partial charge >= 0.3 is 0 Å². The Kier molecular flexibility index (Phi) is 4.62. The molecule has 31 heavy (non-hydrogen) atoms. The van der Waals surface area contributed by atoms with E-state index in [9.17, 15) is 0 Å². The van der Waals surface area contributed by atoms with E-state index in [-0.39, 0.29) is 18.0 Å². The molecule has 1 N–H and O–H groups in total. The van der Waals surface area contributed by atoms with Gasteiger partial charge in [0.15, 0.2) is 0 Å². The van der Waals surface area contributed by atoms with Gasteiger partial charge in [0.2, 0.25) is 0 Å². The molecule has 0 aliphatic carbocycles. The number of nitrogens with zero attached hydrogens (tertiary/aromatic N) is 6. The third-order valence-corrected chi connectivity index (χ3v) is 5.60. The molecular weight excluding hydrogens is 393 g/mol. The summed E-state index contributed by atoms with van der Waals surface area (Å²) < 4.78 is 16.9. The Morgan fingerprint density at radius 2 is 1.71 bits per heavy atom. The number of benzene rings is 1. The lowest BCUT2D eigenvalue weighted by Gasteiger charge is -2.32. The molecule has 1 aliphatic heterocycles. The van der Waals surface area contributed by atoms with Gasteiger partial charge in [-0.3, -0.25) is 9.97 Å². The number of pyridine rings is 2. The van der Waals surface area contributed by atoms with Gasteiger partial charge in [-0.2, -0.15) is 0 Å². The largest absolute Gasteiger partial charge is 0.361 e. The van der Waals surface area contributed by atoms with Crippen molar-refractivity contribution in [1.82, 2.24) is 25.0 Å². The number of halogens is 1. The number of rotatable bonds is 4. The molecular formula is C23H22FN7. The highest BCUT2D eigenvalue weighted by molar-refractivity contribution is 5.83. The molecule has 4 aromatic rings. The maximum Gasteiger partial charge on any atom is 0.149 e. The first kappa shape index (κ1) is 19.2. The monoisotopic (exact) mass is 415 g/mol. The van der Waals surface area contributed by atoms with Crippen molar-refractivity contribution in [3.63, 3.8) is 0 Å². The van der Waals surface area contributed by atoms with Crippen molar-refractivity contribution < 1.29 is 4.39 Å². The highest BCUT2D eigenvalue weighted by Crippen LogP contribution is 2.45. The number of hydrogen-bond donors (Lipinski definition) is 1. The van der Waals surface area contributed by atoms with Crippen molar-refractivity contribution in [2.24, 2.45) is 7.05 Å². The predicted octanol–water partition coefficient (Wildman–Crippen LogP) is 4.09. The van der Waals surface area contributed by atoms with Crippen LogP contribution in [0.5, 0.6) is 0 Å². The standard InChI is InChI=1S/C23H22FN7/c1-14-22(30(3)29-28-14)16-12-17(24)21-20(13-16)31(15(2)27-21)23(18-8-4-6-10-25-18)19-9-5-7-11-26-19/h4-13,15,23,27H,1-3H3. The maximum atomic E-state index is 15.3. The summed E-state index contributed by atoms with van der Waals surface area (Å²) in [5, 5.41) is 11.5. The lowest BCUT2D eigenvalue weighted by Crippen LogP contribution is -2.37. The molecule has 1 unspecified atom stereocenters.